The Hall–Kier alpha value is -3.69. The molecule has 0 fully saturated rings. The minimum Gasteiger partial charge on any atom is -0.494 e. The minimum absolute atomic E-state index is 0.0818. The van der Waals surface area contributed by atoms with E-state index < -0.39 is 35.8 Å². The van der Waals surface area contributed by atoms with Gasteiger partial charge in [0.05, 0.1) is 23.8 Å². The average molecular weight is 378 g/mol. The summed E-state index contributed by atoms with van der Waals surface area (Å²) < 4.78 is 27.8. The molecule has 9 nitrogen and oxygen atoms in total. The number of nitrogens with zero attached hydrogens (tertiary/aromatic N) is 1. The number of ether oxygens (including phenoxy) is 3. The third-order valence-corrected chi connectivity index (χ3v) is 3.19. The van der Waals surface area contributed by atoms with E-state index in [0.29, 0.717) is 0 Å². The van der Waals surface area contributed by atoms with Gasteiger partial charge >= 0.3 is 5.97 Å². The van der Waals surface area contributed by atoms with Crippen LogP contribution in [0.4, 0.5) is 15.8 Å². The normalized spacial score (nSPS) is 10.0. The van der Waals surface area contributed by atoms with Crippen LogP contribution >= 0.6 is 0 Å². The number of benzene rings is 2. The second-order valence-corrected chi connectivity index (χ2v) is 5.10. The van der Waals surface area contributed by atoms with E-state index in [1.54, 1.807) is 0 Å². The van der Waals surface area contributed by atoms with Crippen LogP contribution in [-0.2, 0) is 14.3 Å². The van der Waals surface area contributed by atoms with Gasteiger partial charge in [-0.15, -0.1) is 0 Å². The molecule has 0 saturated carbocycles. The molecular weight excluding hydrogens is 363 g/mol. The fourth-order valence-corrected chi connectivity index (χ4v) is 1.97. The first-order valence-corrected chi connectivity index (χ1v) is 7.55. The Morgan fingerprint density at radius 1 is 1.19 bits per heavy atom. The molecule has 0 atom stereocenters. The molecule has 2 aromatic rings. The predicted molar refractivity (Wildman–Crippen MR) is 91.1 cm³/mol. The van der Waals surface area contributed by atoms with Crippen molar-refractivity contribution in [2.45, 2.75) is 0 Å². The number of methoxy groups -OCH3 is 1. The van der Waals surface area contributed by atoms with Gasteiger partial charge < -0.3 is 19.5 Å². The van der Waals surface area contributed by atoms with Gasteiger partial charge in [0, 0.05) is 12.1 Å². The Balaban J connectivity index is 1.83. The first-order valence-electron chi connectivity index (χ1n) is 7.55. The van der Waals surface area contributed by atoms with Crippen molar-refractivity contribution in [3.05, 3.63) is 58.4 Å². The second-order valence-electron chi connectivity index (χ2n) is 5.10. The Kier molecular flexibility index (Phi) is 6.64. The van der Waals surface area contributed by atoms with Gasteiger partial charge in [-0.1, -0.05) is 6.07 Å². The van der Waals surface area contributed by atoms with Crippen LogP contribution in [-0.4, -0.2) is 37.1 Å². The summed E-state index contributed by atoms with van der Waals surface area (Å²) >= 11 is 0. The number of nitro groups is 1. The molecule has 0 radical (unpaired) electrons. The number of carbonyl (C=O) groups excluding carboxylic acids is 2. The maximum Gasteiger partial charge on any atom is 0.344 e. The highest BCUT2D eigenvalue weighted by atomic mass is 19.1. The quantitative estimate of drug-likeness (QED) is 0.425. The summed E-state index contributed by atoms with van der Waals surface area (Å²) in [5.41, 5.74) is -0.0223. The maximum atomic E-state index is 13.0. The Morgan fingerprint density at radius 3 is 2.63 bits per heavy atom. The van der Waals surface area contributed by atoms with Gasteiger partial charge in [-0.2, -0.15) is 0 Å². The molecule has 2 rings (SSSR count). The highest BCUT2D eigenvalue weighted by Crippen LogP contribution is 2.28. The van der Waals surface area contributed by atoms with Crippen LogP contribution in [0.3, 0.4) is 0 Å². The monoisotopic (exact) mass is 378 g/mol. The van der Waals surface area contributed by atoms with Gasteiger partial charge in [-0.25, -0.2) is 9.18 Å². The van der Waals surface area contributed by atoms with E-state index in [0.717, 1.165) is 12.1 Å². The number of anilines is 1. The van der Waals surface area contributed by atoms with E-state index >= 15 is 0 Å². The summed E-state index contributed by atoms with van der Waals surface area (Å²) in [4.78, 5) is 33.6. The molecule has 0 aliphatic carbocycles. The van der Waals surface area contributed by atoms with Gasteiger partial charge in [0.15, 0.2) is 13.2 Å². The Morgan fingerprint density at radius 2 is 1.96 bits per heavy atom. The summed E-state index contributed by atoms with van der Waals surface area (Å²) in [5.74, 6) is -1.80. The van der Waals surface area contributed by atoms with E-state index in [1.165, 1.54) is 37.4 Å². The summed E-state index contributed by atoms with van der Waals surface area (Å²) in [6.45, 7) is -1.11. The zero-order valence-electron chi connectivity index (χ0n) is 14.1. The molecule has 0 unspecified atom stereocenters. The fourth-order valence-electron chi connectivity index (χ4n) is 1.97. The van der Waals surface area contributed by atoms with E-state index in [9.17, 15) is 24.1 Å². The molecule has 0 heterocycles. The molecular formula is C17H15FN2O7. The zero-order valence-corrected chi connectivity index (χ0v) is 14.1. The third kappa shape index (κ3) is 5.96. The minimum atomic E-state index is -0.829. The topological polar surface area (TPSA) is 117 Å². The highest BCUT2D eigenvalue weighted by Gasteiger charge is 2.14. The number of esters is 1. The SMILES string of the molecule is COc1cc([N+](=O)[O-])ccc1NC(=O)COC(=O)COc1cccc(F)c1. The van der Waals surface area contributed by atoms with Crippen LogP contribution in [0.1, 0.15) is 0 Å². The largest absolute Gasteiger partial charge is 0.494 e. The molecule has 1 N–H and O–H groups in total. The first-order chi connectivity index (χ1) is 12.9. The summed E-state index contributed by atoms with van der Waals surface area (Å²) in [6, 6.07) is 8.84. The molecule has 0 spiro atoms. The van der Waals surface area contributed by atoms with Crippen LogP contribution < -0.4 is 14.8 Å². The van der Waals surface area contributed by atoms with Gasteiger partial charge in [-0.3, -0.25) is 14.9 Å². The molecule has 0 aromatic heterocycles. The molecule has 1 amide bonds. The van der Waals surface area contributed by atoms with Crippen molar-refractivity contribution in [2.75, 3.05) is 25.6 Å². The Labute approximate surface area is 152 Å². The van der Waals surface area contributed by atoms with Crippen LogP contribution in [0.5, 0.6) is 11.5 Å². The Bertz CT molecular complexity index is 857. The molecule has 27 heavy (non-hydrogen) atoms. The zero-order chi connectivity index (χ0) is 19.8. The van der Waals surface area contributed by atoms with E-state index in [4.69, 9.17) is 14.2 Å². The van der Waals surface area contributed by atoms with Crippen molar-refractivity contribution in [2.24, 2.45) is 0 Å². The fraction of sp³-hybridized carbons (Fsp3) is 0.176. The predicted octanol–water partition coefficient (Wildman–Crippen LogP) is 2.30. The number of carbonyl (C=O) groups is 2. The van der Waals surface area contributed by atoms with Crippen LogP contribution in [0, 0.1) is 15.9 Å². The number of non-ortho nitro benzene ring substituents is 1. The molecule has 10 heteroatoms. The smallest absolute Gasteiger partial charge is 0.344 e. The van der Waals surface area contributed by atoms with Gasteiger partial charge in [0.2, 0.25) is 0 Å². The van der Waals surface area contributed by atoms with Crippen molar-refractivity contribution in [1.29, 1.82) is 0 Å². The van der Waals surface area contributed by atoms with Crippen molar-refractivity contribution in [3.8, 4) is 11.5 Å². The number of halogens is 1. The maximum absolute atomic E-state index is 13.0. The van der Waals surface area contributed by atoms with E-state index in [2.05, 4.69) is 5.32 Å². The van der Waals surface area contributed by atoms with Crippen molar-refractivity contribution in [3.63, 3.8) is 0 Å². The first kappa shape index (κ1) is 19.6. The number of nitro benzene ring substituents is 1. The highest BCUT2D eigenvalue weighted by molar-refractivity contribution is 5.94. The van der Waals surface area contributed by atoms with Crippen LogP contribution in [0.2, 0.25) is 0 Å². The van der Waals surface area contributed by atoms with Crippen molar-refractivity contribution in [1.82, 2.24) is 0 Å². The van der Waals surface area contributed by atoms with Crippen LogP contribution in [0.25, 0.3) is 0 Å². The number of rotatable bonds is 8. The van der Waals surface area contributed by atoms with Gasteiger partial charge in [-0.05, 0) is 18.2 Å². The van der Waals surface area contributed by atoms with E-state index in [1.807, 2.05) is 0 Å². The summed E-state index contributed by atoms with van der Waals surface area (Å²) in [6.07, 6.45) is 0. The number of amides is 1. The molecule has 0 aliphatic rings. The number of hydrogen-bond donors (Lipinski definition) is 1. The number of nitrogens with one attached hydrogen (secondary N) is 1. The summed E-state index contributed by atoms with van der Waals surface area (Å²) in [5, 5.41) is 13.1. The molecule has 2 aromatic carbocycles. The lowest BCUT2D eigenvalue weighted by atomic mass is 10.2. The van der Waals surface area contributed by atoms with Crippen molar-refractivity contribution < 1.29 is 33.1 Å². The molecule has 0 aliphatic heterocycles. The molecule has 142 valence electrons. The second kappa shape index (κ2) is 9.13. The van der Waals surface area contributed by atoms with E-state index in [-0.39, 0.29) is 22.9 Å². The summed E-state index contributed by atoms with van der Waals surface area (Å²) in [7, 11) is 1.29. The molecule has 0 bridgehead atoms. The van der Waals surface area contributed by atoms with Gasteiger partial charge in [0.1, 0.15) is 17.3 Å². The standard InChI is InChI=1S/C17H15FN2O7/c1-25-15-8-12(20(23)24)5-6-14(15)19-16(21)9-27-17(22)10-26-13-4-2-3-11(18)7-13/h2-8H,9-10H2,1H3,(H,19,21). The van der Waals surface area contributed by atoms with Gasteiger partial charge in [0.25, 0.3) is 11.6 Å². The van der Waals surface area contributed by atoms with Crippen LogP contribution in [0.15, 0.2) is 42.5 Å². The third-order valence-electron chi connectivity index (χ3n) is 3.19. The lowest BCUT2D eigenvalue weighted by Crippen LogP contribution is -2.23. The average Bonchev–Trinajstić information content (AvgIpc) is 2.65. The lowest BCUT2D eigenvalue weighted by molar-refractivity contribution is -0.384. The number of hydrogen-bond acceptors (Lipinski definition) is 7. The molecule has 0 saturated heterocycles. The lowest BCUT2D eigenvalue weighted by Gasteiger charge is -2.10. The van der Waals surface area contributed by atoms with Crippen molar-refractivity contribution >= 4 is 23.3 Å².